The van der Waals surface area contributed by atoms with E-state index < -0.39 is 30.6 Å². The molecule has 1 aliphatic heterocycles. The third-order valence-electron chi connectivity index (χ3n) is 9.31. The first-order valence-electron chi connectivity index (χ1n) is 18.6. The molecule has 1 aromatic carbocycles. The molecule has 10 heteroatoms. The van der Waals surface area contributed by atoms with Gasteiger partial charge >= 0.3 is 0 Å². The van der Waals surface area contributed by atoms with E-state index in [1.165, 1.54) is 98.0 Å². The summed E-state index contributed by atoms with van der Waals surface area (Å²) in [7, 11) is 1.40. The highest BCUT2D eigenvalue weighted by atomic mass is 16.7. The predicted molar refractivity (Wildman–Crippen MR) is 191 cm³/mol. The number of methoxy groups -OCH3 is 1. The number of rotatable bonds is 25. The largest absolute Gasteiger partial charge is 0.388 e. The van der Waals surface area contributed by atoms with Crippen LogP contribution in [0, 0.1) is 0 Å². The lowest BCUT2D eigenvalue weighted by Crippen LogP contribution is -2.65. The Kier molecular flexibility index (Phi) is 21.3. The molecule has 1 fully saturated rings. The van der Waals surface area contributed by atoms with E-state index in [-0.39, 0.29) is 24.3 Å². The number of ether oxygens (including phenoxy) is 2. The van der Waals surface area contributed by atoms with E-state index in [0.29, 0.717) is 25.9 Å². The fourth-order valence-corrected chi connectivity index (χ4v) is 6.51. The number of hydrogen-bond donors (Lipinski definition) is 3. The van der Waals surface area contributed by atoms with Crippen LogP contribution in [0.25, 0.3) is 0 Å². The monoisotopic (exact) mass is 675 g/mol. The van der Waals surface area contributed by atoms with Gasteiger partial charge in [-0.3, -0.25) is 14.4 Å². The summed E-state index contributed by atoms with van der Waals surface area (Å²) in [4.78, 5) is 41.0. The summed E-state index contributed by atoms with van der Waals surface area (Å²) in [5, 5.41) is 24.4. The number of carbonyl (C=O) groups is 3. The Balaban J connectivity index is 1.85. The second-order valence-corrected chi connectivity index (χ2v) is 13.4. The van der Waals surface area contributed by atoms with Crippen LogP contribution in [0.4, 0.5) is 5.69 Å². The van der Waals surface area contributed by atoms with Crippen molar-refractivity contribution < 1.29 is 34.1 Å². The summed E-state index contributed by atoms with van der Waals surface area (Å²) < 4.78 is 11.4. The second kappa shape index (κ2) is 24.6. The van der Waals surface area contributed by atoms with Gasteiger partial charge in [-0.1, -0.05) is 115 Å². The van der Waals surface area contributed by atoms with Gasteiger partial charge in [0.15, 0.2) is 6.29 Å². The molecule has 2 rings (SSSR count). The van der Waals surface area contributed by atoms with Crippen molar-refractivity contribution in [3.05, 3.63) is 30.3 Å². The maximum Gasteiger partial charge on any atom is 0.223 e. The average Bonchev–Trinajstić information content (AvgIpc) is 3.07. The van der Waals surface area contributed by atoms with Crippen LogP contribution in [0.15, 0.2) is 30.3 Å². The van der Waals surface area contributed by atoms with Crippen molar-refractivity contribution in [2.45, 2.75) is 161 Å². The third kappa shape index (κ3) is 15.8. The highest BCUT2D eigenvalue weighted by molar-refractivity contribution is 5.91. The summed E-state index contributed by atoms with van der Waals surface area (Å²) in [6.07, 6.45) is 15.1. The molecular weight excluding hydrogens is 610 g/mol. The Morgan fingerprint density at radius 1 is 0.771 bits per heavy atom. The molecule has 274 valence electrons. The Hall–Kier alpha value is -2.53. The Bertz CT molecular complexity index is 1020. The number of nitrogens with zero attached hydrogens (tertiary/aromatic N) is 2. The van der Waals surface area contributed by atoms with Crippen LogP contribution in [0.1, 0.15) is 130 Å². The number of unbranched alkanes of at least 4 members (excludes halogenated alkanes) is 14. The maximum atomic E-state index is 13.5. The summed E-state index contributed by atoms with van der Waals surface area (Å²) in [5.74, 6) is -0.524. The fourth-order valence-electron chi connectivity index (χ4n) is 6.51. The van der Waals surface area contributed by atoms with Crippen molar-refractivity contribution in [2.24, 2.45) is 0 Å². The number of nitrogens with one attached hydrogen (secondary N) is 1. The Morgan fingerprint density at radius 2 is 1.31 bits per heavy atom. The lowest BCUT2D eigenvalue weighted by Gasteiger charge is -2.43. The van der Waals surface area contributed by atoms with Crippen molar-refractivity contribution in [2.75, 3.05) is 31.6 Å². The van der Waals surface area contributed by atoms with Gasteiger partial charge in [0.25, 0.3) is 0 Å². The second-order valence-electron chi connectivity index (χ2n) is 13.4. The Morgan fingerprint density at radius 3 is 1.81 bits per heavy atom. The van der Waals surface area contributed by atoms with Gasteiger partial charge in [0, 0.05) is 52.7 Å². The van der Waals surface area contributed by atoms with Crippen molar-refractivity contribution in [3.8, 4) is 0 Å². The summed E-state index contributed by atoms with van der Waals surface area (Å²) in [5.41, 5.74) is 0.793. The van der Waals surface area contributed by atoms with E-state index >= 15 is 0 Å². The predicted octanol–water partition coefficient (Wildman–Crippen LogP) is 6.12. The van der Waals surface area contributed by atoms with E-state index in [9.17, 15) is 24.6 Å². The van der Waals surface area contributed by atoms with Gasteiger partial charge in [-0.05, 0) is 25.0 Å². The van der Waals surface area contributed by atoms with Crippen LogP contribution in [0.2, 0.25) is 0 Å². The number of anilines is 1. The fraction of sp³-hybridized carbons (Fsp3) is 0.763. The normalized spacial score (nSPS) is 20.8. The summed E-state index contributed by atoms with van der Waals surface area (Å²) in [6.45, 7) is 5.92. The molecule has 1 aliphatic rings. The summed E-state index contributed by atoms with van der Waals surface area (Å²) >= 11 is 0. The molecule has 10 nitrogen and oxygen atoms in total. The first-order valence-corrected chi connectivity index (χ1v) is 18.6. The van der Waals surface area contributed by atoms with Crippen molar-refractivity contribution in [3.63, 3.8) is 0 Å². The summed E-state index contributed by atoms with van der Waals surface area (Å²) in [6, 6.07) is 8.47. The zero-order valence-corrected chi connectivity index (χ0v) is 30.2. The molecule has 0 radical (unpaired) electrons. The topological polar surface area (TPSA) is 129 Å². The number of amides is 3. The standard InChI is InChI=1S/C38H65N3O7/c1-5-6-7-8-9-10-11-12-13-14-15-16-17-18-22-26-34(44)40(27-23-28-41(31(3)43)32-24-20-19-21-25-32)29-33-36(45)37(46)35(39-30(2)42)38(47-4)48-33/h19-21,24-25,33,35-38,45-46H,5-18,22-23,26-29H2,1-4H3,(H,39,42)/t33-,35+,36-,37-,38+/m1/s1. The minimum absolute atomic E-state index is 0.0495. The zero-order chi connectivity index (χ0) is 35.1. The van der Waals surface area contributed by atoms with Crippen LogP contribution >= 0.6 is 0 Å². The van der Waals surface area contributed by atoms with Crippen molar-refractivity contribution in [1.29, 1.82) is 0 Å². The SMILES string of the molecule is CCCCCCCCCCCCCCCCCC(=O)N(CCCN(C(C)=O)c1ccccc1)C[C@H]1O[C@H](OC)[C@@H](NC(C)=O)[C@@H](O)[C@@H]1O. The number of para-hydroxylation sites is 1. The van der Waals surface area contributed by atoms with E-state index in [1.54, 1.807) is 9.80 Å². The molecule has 1 heterocycles. The molecule has 0 unspecified atom stereocenters. The molecule has 0 bridgehead atoms. The van der Waals surface area contributed by atoms with Gasteiger partial charge in [-0.25, -0.2) is 0 Å². The highest BCUT2D eigenvalue weighted by Crippen LogP contribution is 2.24. The Labute approximate surface area is 289 Å². The number of benzene rings is 1. The van der Waals surface area contributed by atoms with Gasteiger partial charge < -0.3 is 34.8 Å². The lowest BCUT2D eigenvalue weighted by molar-refractivity contribution is -0.258. The third-order valence-corrected chi connectivity index (χ3v) is 9.31. The first-order chi connectivity index (χ1) is 23.2. The number of carbonyl (C=O) groups excluding carboxylic acids is 3. The van der Waals surface area contributed by atoms with Gasteiger partial charge in [0.05, 0.1) is 0 Å². The van der Waals surface area contributed by atoms with Crippen LogP contribution in [-0.2, 0) is 23.9 Å². The van der Waals surface area contributed by atoms with Gasteiger partial charge in [-0.15, -0.1) is 0 Å². The van der Waals surface area contributed by atoms with E-state index in [0.717, 1.165) is 24.9 Å². The molecule has 0 aliphatic carbocycles. The molecule has 1 saturated heterocycles. The number of hydrogen-bond acceptors (Lipinski definition) is 7. The van der Waals surface area contributed by atoms with E-state index in [1.807, 2.05) is 30.3 Å². The number of aliphatic hydroxyl groups excluding tert-OH is 2. The molecular formula is C38H65N3O7. The van der Waals surface area contributed by atoms with Crippen molar-refractivity contribution in [1.82, 2.24) is 10.2 Å². The van der Waals surface area contributed by atoms with Gasteiger partial charge in [0.2, 0.25) is 17.7 Å². The van der Waals surface area contributed by atoms with Crippen LogP contribution in [0.5, 0.6) is 0 Å². The van der Waals surface area contributed by atoms with Crippen LogP contribution in [0.3, 0.4) is 0 Å². The molecule has 3 amide bonds. The molecule has 0 aromatic heterocycles. The van der Waals surface area contributed by atoms with Gasteiger partial charge in [-0.2, -0.15) is 0 Å². The van der Waals surface area contributed by atoms with Gasteiger partial charge in [0.1, 0.15) is 24.4 Å². The number of aliphatic hydroxyl groups is 2. The lowest BCUT2D eigenvalue weighted by atomic mass is 9.96. The minimum atomic E-state index is -1.34. The highest BCUT2D eigenvalue weighted by Gasteiger charge is 2.46. The minimum Gasteiger partial charge on any atom is -0.388 e. The first kappa shape index (κ1) is 41.6. The smallest absolute Gasteiger partial charge is 0.223 e. The van der Waals surface area contributed by atoms with Crippen LogP contribution in [-0.4, -0.2) is 90.2 Å². The molecule has 48 heavy (non-hydrogen) atoms. The van der Waals surface area contributed by atoms with Crippen LogP contribution < -0.4 is 10.2 Å². The molecule has 3 N–H and O–H groups in total. The molecule has 1 aromatic rings. The zero-order valence-electron chi connectivity index (χ0n) is 30.2. The maximum absolute atomic E-state index is 13.5. The molecule has 5 atom stereocenters. The van der Waals surface area contributed by atoms with E-state index in [4.69, 9.17) is 9.47 Å². The van der Waals surface area contributed by atoms with Crippen molar-refractivity contribution >= 4 is 23.4 Å². The van der Waals surface area contributed by atoms with E-state index in [2.05, 4.69) is 12.2 Å². The average molecular weight is 676 g/mol. The quantitative estimate of drug-likeness (QED) is 0.107. The molecule has 0 saturated carbocycles. The molecule has 0 spiro atoms.